The Hall–Kier alpha value is -3.11. The third-order valence-corrected chi connectivity index (χ3v) is 5.55. The predicted molar refractivity (Wildman–Crippen MR) is 134 cm³/mol. The molecular weight excluding hydrogens is 496 g/mol. The van der Waals surface area contributed by atoms with E-state index in [9.17, 15) is 34.2 Å². The first-order valence-corrected chi connectivity index (χ1v) is 12.6. The number of carboxylic acid groups (broad SMARTS) is 1. The number of carbonyl (C=O) groups excluding carboxylic acids is 4. The fourth-order valence-electron chi connectivity index (χ4n) is 2.89. The molecule has 0 bridgehead atoms. The molecule has 5 atom stereocenters. The zero-order valence-electron chi connectivity index (χ0n) is 20.4. The number of primary amides is 1. The van der Waals surface area contributed by atoms with Gasteiger partial charge in [-0.3, -0.25) is 24.2 Å². The van der Waals surface area contributed by atoms with Crippen molar-refractivity contribution in [3.63, 3.8) is 0 Å². The highest BCUT2D eigenvalue weighted by Gasteiger charge is 2.32. The SMILES string of the molecule is CSCCC(N)C(=O)NC(CCCN=C(N)N)C(=O)NC(C(=O)NC(CCC(N)=O)C(=O)O)C(C)O. The number of thioether (sulfide) groups is 1. The molecule has 206 valence electrons. The highest BCUT2D eigenvalue weighted by atomic mass is 32.2. The molecule has 5 unspecified atom stereocenters. The number of nitrogens with one attached hydrogen (secondary N) is 3. The highest BCUT2D eigenvalue weighted by molar-refractivity contribution is 7.98. The number of aliphatic hydroxyl groups excluding tert-OH is 1. The van der Waals surface area contributed by atoms with Crippen molar-refractivity contribution < 1.29 is 34.2 Å². The number of rotatable bonds is 18. The number of carbonyl (C=O) groups is 5. The van der Waals surface area contributed by atoms with Crippen LogP contribution in [0, 0.1) is 0 Å². The van der Waals surface area contributed by atoms with Crippen molar-refractivity contribution in [3.05, 3.63) is 0 Å². The van der Waals surface area contributed by atoms with Crippen molar-refractivity contribution in [1.29, 1.82) is 0 Å². The van der Waals surface area contributed by atoms with E-state index in [1.807, 2.05) is 6.26 Å². The molecule has 0 fully saturated rings. The second kappa shape index (κ2) is 17.3. The smallest absolute Gasteiger partial charge is 0.326 e. The Morgan fingerprint density at radius 3 is 2.03 bits per heavy atom. The van der Waals surface area contributed by atoms with Gasteiger partial charge >= 0.3 is 5.97 Å². The Morgan fingerprint density at radius 2 is 1.53 bits per heavy atom. The molecule has 16 heteroatoms. The van der Waals surface area contributed by atoms with Gasteiger partial charge in [-0.25, -0.2) is 4.79 Å². The summed E-state index contributed by atoms with van der Waals surface area (Å²) in [6.07, 6.45) is 0.577. The number of hydrogen-bond acceptors (Lipinski definition) is 9. The summed E-state index contributed by atoms with van der Waals surface area (Å²) in [6.45, 7) is 1.38. The van der Waals surface area contributed by atoms with E-state index in [1.54, 1.807) is 0 Å². The average molecular weight is 535 g/mol. The van der Waals surface area contributed by atoms with E-state index >= 15 is 0 Å². The monoisotopic (exact) mass is 534 g/mol. The van der Waals surface area contributed by atoms with E-state index in [1.165, 1.54) is 18.7 Å². The lowest BCUT2D eigenvalue weighted by Gasteiger charge is -2.26. The quantitative estimate of drug-likeness (QED) is 0.0468. The van der Waals surface area contributed by atoms with Gasteiger partial charge in [0.05, 0.1) is 12.1 Å². The van der Waals surface area contributed by atoms with Gasteiger partial charge in [-0.2, -0.15) is 11.8 Å². The Morgan fingerprint density at radius 1 is 0.917 bits per heavy atom. The zero-order chi connectivity index (χ0) is 27.8. The molecule has 0 spiro atoms. The number of guanidine groups is 1. The molecule has 0 heterocycles. The Labute approximate surface area is 213 Å². The molecule has 0 aliphatic rings. The van der Waals surface area contributed by atoms with Gasteiger partial charge in [-0.1, -0.05) is 0 Å². The molecule has 0 radical (unpaired) electrons. The minimum absolute atomic E-state index is 0.0775. The number of aliphatic hydroxyl groups is 1. The molecule has 0 aromatic carbocycles. The first kappa shape index (κ1) is 32.9. The van der Waals surface area contributed by atoms with Crippen LogP contribution in [-0.2, 0) is 24.0 Å². The Bertz CT molecular complexity index is 792. The maximum Gasteiger partial charge on any atom is 0.326 e. The van der Waals surface area contributed by atoms with Crippen molar-refractivity contribution >= 4 is 47.3 Å². The maximum absolute atomic E-state index is 13.0. The van der Waals surface area contributed by atoms with Crippen LogP contribution in [0.3, 0.4) is 0 Å². The number of amides is 4. The minimum atomic E-state index is -1.56. The molecule has 0 aliphatic heterocycles. The van der Waals surface area contributed by atoms with Crippen LogP contribution in [0.15, 0.2) is 4.99 Å². The maximum atomic E-state index is 13.0. The van der Waals surface area contributed by atoms with Gasteiger partial charge < -0.3 is 49.1 Å². The number of hydrogen-bond donors (Lipinski definition) is 9. The molecule has 15 nitrogen and oxygen atoms in total. The van der Waals surface area contributed by atoms with Gasteiger partial charge in [0, 0.05) is 13.0 Å². The first-order valence-electron chi connectivity index (χ1n) is 11.2. The molecule has 0 aromatic rings. The van der Waals surface area contributed by atoms with Crippen molar-refractivity contribution in [2.24, 2.45) is 27.9 Å². The third-order valence-electron chi connectivity index (χ3n) is 4.90. The van der Waals surface area contributed by atoms with E-state index in [4.69, 9.17) is 22.9 Å². The molecule has 13 N–H and O–H groups in total. The van der Waals surface area contributed by atoms with Gasteiger partial charge in [0.15, 0.2) is 5.96 Å². The van der Waals surface area contributed by atoms with Gasteiger partial charge in [-0.15, -0.1) is 0 Å². The molecule has 4 amide bonds. The standard InChI is InChI=1S/C20H38N8O7S/c1-10(29)15(18(33)27-13(19(34)35)5-6-14(22)30)28-17(32)12(4-3-8-25-20(23)24)26-16(31)11(21)7-9-36-2/h10-13,15,29H,3-9,21H2,1-2H3,(H2,22,30)(H,26,31)(H,27,33)(H,28,32)(H,34,35)(H4,23,24,25). The van der Waals surface area contributed by atoms with Crippen molar-refractivity contribution in [2.45, 2.75) is 69.3 Å². The molecule has 36 heavy (non-hydrogen) atoms. The summed E-state index contributed by atoms with van der Waals surface area (Å²) in [5, 5.41) is 26.4. The Balaban J connectivity index is 5.50. The number of nitrogens with two attached hydrogens (primary N) is 4. The van der Waals surface area contributed by atoms with E-state index in [0.29, 0.717) is 12.2 Å². The molecule has 0 saturated carbocycles. The zero-order valence-corrected chi connectivity index (χ0v) is 21.3. The van der Waals surface area contributed by atoms with Gasteiger partial charge in [-0.05, 0) is 44.6 Å². The summed E-state index contributed by atoms with van der Waals surface area (Å²) in [7, 11) is 0. The second-order valence-corrected chi connectivity index (χ2v) is 9.01. The van der Waals surface area contributed by atoms with Crippen LogP contribution >= 0.6 is 11.8 Å². The van der Waals surface area contributed by atoms with E-state index in [-0.39, 0.29) is 38.2 Å². The van der Waals surface area contributed by atoms with Crippen LogP contribution in [0.25, 0.3) is 0 Å². The van der Waals surface area contributed by atoms with E-state index in [2.05, 4.69) is 20.9 Å². The lowest BCUT2D eigenvalue weighted by atomic mass is 10.1. The predicted octanol–water partition coefficient (Wildman–Crippen LogP) is -3.69. The molecule has 0 rings (SSSR count). The third kappa shape index (κ3) is 13.7. The summed E-state index contributed by atoms with van der Waals surface area (Å²) in [5.74, 6) is -4.10. The van der Waals surface area contributed by atoms with Crippen molar-refractivity contribution in [1.82, 2.24) is 16.0 Å². The van der Waals surface area contributed by atoms with E-state index in [0.717, 1.165) is 0 Å². The highest BCUT2D eigenvalue weighted by Crippen LogP contribution is 2.05. The van der Waals surface area contributed by atoms with Crippen LogP contribution in [0.4, 0.5) is 0 Å². The largest absolute Gasteiger partial charge is 0.480 e. The van der Waals surface area contributed by atoms with Gasteiger partial charge in [0.1, 0.15) is 18.1 Å². The van der Waals surface area contributed by atoms with Crippen LogP contribution in [0.2, 0.25) is 0 Å². The summed E-state index contributed by atoms with van der Waals surface area (Å²) < 4.78 is 0. The summed E-state index contributed by atoms with van der Waals surface area (Å²) in [4.78, 5) is 64.3. The number of aliphatic carboxylic acids is 1. The van der Waals surface area contributed by atoms with E-state index < -0.39 is 59.9 Å². The topological polar surface area (TPSA) is 278 Å². The summed E-state index contributed by atoms with van der Waals surface area (Å²) >= 11 is 1.50. The Kier molecular flexibility index (Phi) is 15.8. The fourth-order valence-corrected chi connectivity index (χ4v) is 3.38. The first-order chi connectivity index (χ1) is 16.8. The van der Waals surface area contributed by atoms with Crippen molar-refractivity contribution in [2.75, 3.05) is 18.6 Å². The number of carboxylic acids is 1. The van der Waals surface area contributed by atoms with Crippen LogP contribution < -0.4 is 38.9 Å². The normalized spacial score (nSPS) is 14.9. The van der Waals surface area contributed by atoms with Gasteiger partial charge in [0.2, 0.25) is 23.6 Å². The molecule has 0 aliphatic carbocycles. The fraction of sp³-hybridized carbons (Fsp3) is 0.700. The molecule has 0 aromatic heterocycles. The summed E-state index contributed by atoms with van der Waals surface area (Å²) in [5.41, 5.74) is 21.5. The van der Waals surface area contributed by atoms with Crippen LogP contribution in [-0.4, -0.2) is 94.6 Å². The number of aliphatic imine (C=N–C) groups is 1. The lowest BCUT2D eigenvalue weighted by molar-refractivity contribution is -0.143. The second-order valence-electron chi connectivity index (χ2n) is 8.03. The average Bonchev–Trinajstić information content (AvgIpc) is 2.79. The molecule has 0 saturated heterocycles. The summed E-state index contributed by atoms with van der Waals surface area (Å²) in [6, 6.07) is -5.06. The number of nitrogens with zero attached hydrogens (tertiary/aromatic N) is 1. The van der Waals surface area contributed by atoms with Crippen LogP contribution in [0.5, 0.6) is 0 Å². The molecular formula is C20H38N8O7S. The van der Waals surface area contributed by atoms with Gasteiger partial charge in [0.25, 0.3) is 0 Å². The lowest BCUT2D eigenvalue weighted by Crippen LogP contribution is -2.59. The van der Waals surface area contributed by atoms with Crippen molar-refractivity contribution in [3.8, 4) is 0 Å². The minimum Gasteiger partial charge on any atom is -0.480 e. The van der Waals surface area contributed by atoms with Crippen LogP contribution in [0.1, 0.15) is 39.0 Å².